The van der Waals surface area contributed by atoms with E-state index in [2.05, 4.69) is 20.8 Å². The minimum Gasteiger partial charge on any atom is -0.496 e. The standard InChI is InChI=1S/C28H37O5P/c1-17-13-22(32-7)25(23(14-17)33-8)27(30)34(31,21-11-9-10-12-21)26(29)24-18(2)15-20(16-19(24)3)28(4,5)6/h13-16,21H,9-12H2,1-8H3. The van der Waals surface area contributed by atoms with Gasteiger partial charge in [0, 0.05) is 11.2 Å². The number of aryl methyl sites for hydroxylation is 3. The van der Waals surface area contributed by atoms with Gasteiger partial charge in [0.1, 0.15) is 17.1 Å². The Balaban J connectivity index is 2.24. The Morgan fingerprint density at radius 2 is 1.26 bits per heavy atom. The molecule has 0 aromatic heterocycles. The maximum atomic E-state index is 14.8. The topological polar surface area (TPSA) is 69.7 Å². The van der Waals surface area contributed by atoms with Crippen LogP contribution in [0.1, 0.15) is 89.4 Å². The van der Waals surface area contributed by atoms with Gasteiger partial charge in [-0.3, -0.25) is 9.59 Å². The summed E-state index contributed by atoms with van der Waals surface area (Å²) in [6, 6.07) is 7.40. The molecule has 1 unspecified atom stereocenters. The van der Waals surface area contributed by atoms with Crippen LogP contribution in [-0.4, -0.2) is 30.9 Å². The summed E-state index contributed by atoms with van der Waals surface area (Å²) in [5, 5.41) is 0. The van der Waals surface area contributed by atoms with Crippen LogP contribution in [0.2, 0.25) is 0 Å². The Bertz CT molecular complexity index is 1120. The average molecular weight is 485 g/mol. The normalized spacial score (nSPS) is 16.2. The highest BCUT2D eigenvalue weighted by molar-refractivity contribution is 7.96. The van der Waals surface area contributed by atoms with Gasteiger partial charge in [0.2, 0.25) is 18.2 Å². The Hall–Kier alpha value is -2.39. The van der Waals surface area contributed by atoms with Crippen molar-refractivity contribution in [2.75, 3.05) is 14.2 Å². The van der Waals surface area contributed by atoms with E-state index in [1.54, 1.807) is 12.1 Å². The molecule has 0 aliphatic heterocycles. The fraction of sp³-hybridized carbons (Fsp3) is 0.500. The smallest absolute Gasteiger partial charge is 0.236 e. The lowest BCUT2D eigenvalue weighted by Gasteiger charge is -2.26. The van der Waals surface area contributed by atoms with Crippen molar-refractivity contribution in [2.45, 2.75) is 78.3 Å². The first kappa shape index (κ1) is 26.2. The Morgan fingerprint density at radius 3 is 1.68 bits per heavy atom. The van der Waals surface area contributed by atoms with Gasteiger partial charge in [-0.1, -0.05) is 45.7 Å². The van der Waals surface area contributed by atoms with Gasteiger partial charge in [-0.05, 0) is 73.4 Å². The number of rotatable bonds is 7. The van der Waals surface area contributed by atoms with Crippen molar-refractivity contribution in [3.8, 4) is 11.5 Å². The van der Waals surface area contributed by atoms with E-state index in [1.165, 1.54) is 14.2 Å². The molecular formula is C28H37O5P. The number of hydrogen-bond donors (Lipinski definition) is 0. The predicted octanol–water partition coefficient (Wildman–Crippen LogP) is 7.21. The molecule has 0 bridgehead atoms. The molecule has 0 amide bonds. The van der Waals surface area contributed by atoms with E-state index in [-0.39, 0.29) is 22.5 Å². The van der Waals surface area contributed by atoms with Crippen LogP contribution in [0.5, 0.6) is 11.5 Å². The Kier molecular flexibility index (Phi) is 7.48. The summed E-state index contributed by atoms with van der Waals surface area (Å²) in [6.07, 6.45) is 2.92. The molecule has 34 heavy (non-hydrogen) atoms. The van der Waals surface area contributed by atoms with Crippen molar-refractivity contribution in [3.05, 3.63) is 57.6 Å². The highest BCUT2D eigenvalue weighted by atomic mass is 31.2. The van der Waals surface area contributed by atoms with Gasteiger partial charge in [0.25, 0.3) is 0 Å². The third-order valence-electron chi connectivity index (χ3n) is 6.92. The number of carbonyl (C=O) groups is 2. The second kappa shape index (κ2) is 9.70. The molecule has 184 valence electrons. The van der Waals surface area contributed by atoms with E-state index < -0.39 is 23.8 Å². The van der Waals surface area contributed by atoms with Crippen LogP contribution in [0.25, 0.3) is 0 Å². The van der Waals surface area contributed by atoms with Crippen LogP contribution in [0.3, 0.4) is 0 Å². The second-order valence-electron chi connectivity index (χ2n) is 10.5. The molecule has 0 saturated heterocycles. The number of methoxy groups -OCH3 is 2. The van der Waals surface area contributed by atoms with Gasteiger partial charge in [-0.2, -0.15) is 0 Å². The van der Waals surface area contributed by atoms with Crippen molar-refractivity contribution in [1.29, 1.82) is 0 Å². The van der Waals surface area contributed by atoms with Gasteiger partial charge in [-0.25, -0.2) is 0 Å². The quantitative estimate of drug-likeness (QED) is 0.388. The van der Waals surface area contributed by atoms with Gasteiger partial charge in [0.15, 0.2) is 0 Å². The van der Waals surface area contributed by atoms with Crippen LogP contribution in [-0.2, 0) is 9.98 Å². The Labute approximate surface area is 203 Å². The number of hydrogen-bond acceptors (Lipinski definition) is 5. The van der Waals surface area contributed by atoms with Crippen LogP contribution < -0.4 is 9.47 Å². The third-order valence-corrected chi connectivity index (χ3v) is 10.1. The summed E-state index contributed by atoms with van der Waals surface area (Å²) in [6.45, 7) is 11.9. The molecule has 5 nitrogen and oxygen atoms in total. The molecule has 1 atom stereocenters. The first-order chi connectivity index (χ1) is 15.9. The van der Waals surface area contributed by atoms with E-state index in [0.29, 0.717) is 18.4 Å². The molecule has 0 radical (unpaired) electrons. The zero-order chi connectivity index (χ0) is 25.4. The minimum absolute atomic E-state index is 0.0926. The zero-order valence-electron chi connectivity index (χ0n) is 21.7. The lowest BCUT2D eigenvalue weighted by molar-refractivity contribution is 0.103. The Morgan fingerprint density at radius 1 is 0.824 bits per heavy atom. The minimum atomic E-state index is -4.04. The van der Waals surface area contributed by atoms with Gasteiger partial charge in [-0.15, -0.1) is 0 Å². The number of carbonyl (C=O) groups excluding carboxylic acids is 2. The first-order valence-corrected chi connectivity index (χ1v) is 13.7. The monoisotopic (exact) mass is 484 g/mol. The highest BCUT2D eigenvalue weighted by Crippen LogP contribution is 2.62. The van der Waals surface area contributed by atoms with Gasteiger partial charge in [0.05, 0.1) is 14.2 Å². The molecule has 0 N–H and O–H groups in total. The highest BCUT2D eigenvalue weighted by Gasteiger charge is 2.50. The fourth-order valence-corrected chi connectivity index (χ4v) is 8.19. The summed E-state index contributed by atoms with van der Waals surface area (Å²) in [5.41, 5.74) is 2.20. The van der Waals surface area contributed by atoms with E-state index in [9.17, 15) is 14.2 Å². The second-order valence-corrected chi connectivity index (χ2v) is 13.3. The largest absolute Gasteiger partial charge is 0.496 e. The molecule has 6 heteroatoms. The van der Waals surface area contributed by atoms with Crippen LogP contribution in [0, 0.1) is 20.8 Å². The SMILES string of the molecule is COc1cc(C)cc(OC)c1C(=O)P(=O)(C(=O)c1c(C)cc(C(C)(C)C)cc1C)C1CCCC1. The molecule has 0 heterocycles. The van der Waals surface area contributed by atoms with E-state index >= 15 is 0 Å². The molecule has 3 rings (SSSR count). The first-order valence-electron chi connectivity index (χ1n) is 11.9. The van der Waals surface area contributed by atoms with Crippen molar-refractivity contribution >= 4 is 18.2 Å². The van der Waals surface area contributed by atoms with E-state index in [4.69, 9.17) is 9.47 Å². The van der Waals surface area contributed by atoms with E-state index in [0.717, 1.165) is 35.1 Å². The zero-order valence-corrected chi connectivity index (χ0v) is 22.6. The predicted molar refractivity (Wildman–Crippen MR) is 137 cm³/mol. The molecule has 2 aromatic carbocycles. The van der Waals surface area contributed by atoms with Crippen molar-refractivity contribution in [1.82, 2.24) is 0 Å². The number of benzene rings is 2. The maximum Gasteiger partial charge on any atom is 0.236 e. The van der Waals surface area contributed by atoms with E-state index in [1.807, 2.05) is 32.9 Å². The third kappa shape index (κ3) is 4.60. The van der Waals surface area contributed by atoms with Crippen LogP contribution in [0.15, 0.2) is 24.3 Å². The van der Waals surface area contributed by atoms with Gasteiger partial charge >= 0.3 is 0 Å². The van der Waals surface area contributed by atoms with Crippen LogP contribution in [0.4, 0.5) is 0 Å². The molecule has 0 spiro atoms. The summed E-state index contributed by atoms with van der Waals surface area (Å²) in [7, 11) is -1.11. The summed E-state index contributed by atoms with van der Waals surface area (Å²) < 4.78 is 25.8. The van der Waals surface area contributed by atoms with Crippen molar-refractivity contribution < 1.29 is 23.6 Å². The molecule has 1 aliphatic carbocycles. The molecule has 1 aliphatic rings. The number of ether oxygens (including phenoxy) is 2. The van der Waals surface area contributed by atoms with Crippen molar-refractivity contribution in [3.63, 3.8) is 0 Å². The maximum absolute atomic E-state index is 14.8. The lowest BCUT2D eigenvalue weighted by atomic mass is 9.84. The summed E-state index contributed by atoms with van der Waals surface area (Å²) in [4.78, 5) is 28.3. The fourth-order valence-electron chi connectivity index (χ4n) is 5.01. The molecular weight excluding hydrogens is 447 g/mol. The molecule has 2 aromatic rings. The summed E-state index contributed by atoms with van der Waals surface area (Å²) in [5.74, 6) is 0.564. The average Bonchev–Trinajstić information content (AvgIpc) is 3.31. The summed E-state index contributed by atoms with van der Waals surface area (Å²) >= 11 is 0. The molecule has 1 fully saturated rings. The van der Waals surface area contributed by atoms with Crippen molar-refractivity contribution in [2.24, 2.45) is 0 Å². The van der Waals surface area contributed by atoms with Crippen LogP contribution >= 0.6 is 7.14 Å². The lowest BCUT2D eigenvalue weighted by Crippen LogP contribution is -2.22. The van der Waals surface area contributed by atoms with Gasteiger partial charge < -0.3 is 14.0 Å². The molecule has 1 saturated carbocycles.